The first-order chi connectivity index (χ1) is 7.45. The normalized spacial score (nSPS) is 36.8. The van der Waals surface area contributed by atoms with E-state index in [2.05, 4.69) is 4.74 Å². The minimum Gasteiger partial charge on any atom is -0.466 e. The Kier molecular flexibility index (Phi) is 2.69. The summed E-state index contributed by atoms with van der Waals surface area (Å²) in [6.07, 6.45) is -3.43. The maximum absolute atomic E-state index is 12.7. The van der Waals surface area contributed by atoms with Gasteiger partial charge in [-0.3, -0.25) is 4.79 Å². The van der Waals surface area contributed by atoms with Crippen molar-refractivity contribution in [1.82, 2.24) is 0 Å². The van der Waals surface area contributed by atoms with E-state index >= 15 is 0 Å². The van der Waals surface area contributed by atoms with Crippen LogP contribution in [0.3, 0.4) is 0 Å². The van der Waals surface area contributed by atoms with Crippen molar-refractivity contribution in [2.45, 2.75) is 25.3 Å². The number of ether oxygens (including phenoxy) is 2. The van der Waals surface area contributed by atoms with Crippen LogP contribution in [-0.2, 0) is 14.3 Å². The summed E-state index contributed by atoms with van der Waals surface area (Å²) in [4.78, 5) is 11.5. The zero-order valence-corrected chi connectivity index (χ0v) is 8.53. The summed E-state index contributed by atoms with van der Waals surface area (Å²) < 4.78 is 48.0. The smallest absolute Gasteiger partial charge is 0.395 e. The largest absolute Gasteiger partial charge is 0.466 e. The third-order valence-electron chi connectivity index (χ3n) is 2.84. The number of rotatable bonds is 2. The highest BCUT2D eigenvalue weighted by Crippen LogP contribution is 2.47. The highest BCUT2D eigenvalue weighted by Gasteiger charge is 2.61. The summed E-state index contributed by atoms with van der Waals surface area (Å²) in [5.74, 6) is -3.86. The van der Waals surface area contributed by atoms with Crippen LogP contribution in [0.1, 0.15) is 6.92 Å². The van der Waals surface area contributed by atoms with Crippen molar-refractivity contribution in [1.29, 1.82) is 0 Å². The van der Waals surface area contributed by atoms with E-state index in [9.17, 15) is 18.0 Å². The molecule has 6 heteroatoms. The van der Waals surface area contributed by atoms with Crippen molar-refractivity contribution in [3.05, 3.63) is 12.2 Å². The van der Waals surface area contributed by atoms with Crippen molar-refractivity contribution in [2.75, 3.05) is 6.61 Å². The lowest BCUT2D eigenvalue weighted by Crippen LogP contribution is -2.41. The van der Waals surface area contributed by atoms with Gasteiger partial charge >= 0.3 is 12.1 Å². The first kappa shape index (κ1) is 11.4. The summed E-state index contributed by atoms with van der Waals surface area (Å²) in [5.41, 5.74) is 0. The molecule has 3 nitrogen and oxygen atoms in total. The molecule has 0 aliphatic carbocycles. The van der Waals surface area contributed by atoms with E-state index in [4.69, 9.17) is 4.74 Å². The Hall–Kier alpha value is -1.04. The number of alkyl halides is 3. The number of halogens is 3. The maximum atomic E-state index is 12.7. The molecule has 90 valence electrons. The van der Waals surface area contributed by atoms with E-state index in [0.717, 1.165) is 0 Å². The fraction of sp³-hybridized carbons (Fsp3) is 0.700. The molecule has 0 aromatic carbocycles. The topological polar surface area (TPSA) is 35.5 Å². The average Bonchev–Trinajstić information content (AvgIpc) is 2.74. The zero-order valence-electron chi connectivity index (χ0n) is 8.53. The first-order valence-corrected chi connectivity index (χ1v) is 5.02. The van der Waals surface area contributed by atoms with Crippen LogP contribution in [0, 0.1) is 11.8 Å². The van der Waals surface area contributed by atoms with Crippen LogP contribution in [0.5, 0.6) is 0 Å². The quantitative estimate of drug-likeness (QED) is 0.540. The monoisotopic (exact) mass is 236 g/mol. The molecule has 2 heterocycles. The molecule has 2 aliphatic rings. The van der Waals surface area contributed by atoms with Crippen molar-refractivity contribution < 1.29 is 27.4 Å². The van der Waals surface area contributed by atoms with E-state index in [1.54, 1.807) is 6.92 Å². The van der Waals surface area contributed by atoms with Gasteiger partial charge in [0, 0.05) is 0 Å². The Bertz CT molecular complexity index is 324. The molecule has 2 rings (SSSR count). The average molecular weight is 236 g/mol. The molecule has 0 radical (unpaired) electrons. The minimum absolute atomic E-state index is 0.0704. The molecule has 0 spiro atoms. The van der Waals surface area contributed by atoms with E-state index in [-0.39, 0.29) is 6.61 Å². The van der Waals surface area contributed by atoms with E-state index < -0.39 is 36.2 Å². The van der Waals surface area contributed by atoms with Gasteiger partial charge in [0.15, 0.2) is 0 Å². The molecule has 1 saturated heterocycles. The maximum Gasteiger partial charge on any atom is 0.395 e. The van der Waals surface area contributed by atoms with Crippen molar-refractivity contribution in [3.8, 4) is 0 Å². The molecule has 4 atom stereocenters. The number of esters is 1. The number of hydrogen-bond acceptors (Lipinski definition) is 3. The summed E-state index contributed by atoms with van der Waals surface area (Å²) in [6, 6.07) is 0. The highest BCUT2D eigenvalue weighted by molar-refractivity contribution is 5.75. The molecule has 2 bridgehead atoms. The van der Waals surface area contributed by atoms with Gasteiger partial charge in [-0.05, 0) is 6.92 Å². The van der Waals surface area contributed by atoms with Crippen LogP contribution in [0.15, 0.2) is 12.2 Å². The Morgan fingerprint density at radius 2 is 2.00 bits per heavy atom. The molecule has 0 N–H and O–H groups in total. The van der Waals surface area contributed by atoms with Crippen LogP contribution in [0.4, 0.5) is 13.2 Å². The zero-order chi connectivity index (χ0) is 11.9. The molecule has 1 fully saturated rings. The van der Waals surface area contributed by atoms with Crippen molar-refractivity contribution in [3.63, 3.8) is 0 Å². The van der Waals surface area contributed by atoms with Gasteiger partial charge in [0.05, 0.1) is 18.8 Å². The lowest BCUT2D eigenvalue weighted by molar-refractivity contribution is -0.197. The first-order valence-electron chi connectivity index (χ1n) is 5.02. The third kappa shape index (κ3) is 1.71. The van der Waals surface area contributed by atoms with Gasteiger partial charge in [-0.25, -0.2) is 0 Å². The predicted molar refractivity (Wildman–Crippen MR) is 47.5 cm³/mol. The molecular weight excluding hydrogens is 225 g/mol. The Morgan fingerprint density at radius 1 is 1.38 bits per heavy atom. The fourth-order valence-corrected chi connectivity index (χ4v) is 2.22. The van der Waals surface area contributed by atoms with Crippen LogP contribution in [0.25, 0.3) is 0 Å². The van der Waals surface area contributed by atoms with Gasteiger partial charge in [-0.15, -0.1) is 0 Å². The molecule has 4 unspecified atom stereocenters. The lowest BCUT2D eigenvalue weighted by atomic mass is 9.82. The van der Waals surface area contributed by atoms with Gasteiger partial charge in [-0.2, -0.15) is 13.2 Å². The second-order valence-electron chi connectivity index (χ2n) is 3.80. The predicted octanol–water partition coefficient (Wildman–Crippen LogP) is 1.68. The SMILES string of the molecule is CCOC(=O)C1C2C=CC(O2)C1C(F)(F)F. The Labute approximate surface area is 90.2 Å². The summed E-state index contributed by atoms with van der Waals surface area (Å²) in [5, 5.41) is 0. The second-order valence-corrected chi connectivity index (χ2v) is 3.80. The molecule has 0 saturated carbocycles. The molecule has 16 heavy (non-hydrogen) atoms. The molecule has 2 aliphatic heterocycles. The van der Waals surface area contributed by atoms with E-state index in [0.29, 0.717) is 0 Å². The molecular formula is C10H11F3O3. The van der Waals surface area contributed by atoms with Crippen LogP contribution >= 0.6 is 0 Å². The van der Waals surface area contributed by atoms with Gasteiger partial charge < -0.3 is 9.47 Å². The number of fused-ring (bicyclic) bond motifs is 2. The number of carbonyl (C=O) groups is 1. The third-order valence-corrected chi connectivity index (χ3v) is 2.84. The Morgan fingerprint density at radius 3 is 2.56 bits per heavy atom. The van der Waals surface area contributed by atoms with E-state index in [1.807, 2.05) is 0 Å². The van der Waals surface area contributed by atoms with Crippen LogP contribution in [-0.4, -0.2) is 31.0 Å². The van der Waals surface area contributed by atoms with Gasteiger partial charge in [0.25, 0.3) is 0 Å². The summed E-state index contributed by atoms with van der Waals surface area (Å²) in [6.45, 7) is 1.63. The fourth-order valence-electron chi connectivity index (χ4n) is 2.22. The number of carbonyl (C=O) groups excluding carboxylic acids is 1. The molecule has 0 aromatic rings. The summed E-state index contributed by atoms with van der Waals surface area (Å²) >= 11 is 0. The Balaban J connectivity index is 2.22. The lowest BCUT2D eigenvalue weighted by Gasteiger charge is -2.25. The standard InChI is InChI=1S/C10H11F3O3/c1-2-15-9(14)7-5-3-4-6(16-5)8(7)10(11,12)13/h3-8H,2H2,1H3. The minimum atomic E-state index is -4.44. The van der Waals surface area contributed by atoms with Crippen molar-refractivity contribution >= 4 is 5.97 Å². The van der Waals surface area contributed by atoms with Crippen LogP contribution < -0.4 is 0 Å². The van der Waals surface area contributed by atoms with Gasteiger partial charge in [-0.1, -0.05) is 12.2 Å². The van der Waals surface area contributed by atoms with Crippen LogP contribution in [0.2, 0.25) is 0 Å². The van der Waals surface area contributed by atoms with Gasteiger partial charge in [0.2, 0.25) is 0 Å². The highest BCUT2D eigenvalue weighted by atomic mass is 19.4. The molecule has 0 amide bonds. The summed E-state index contributed by atoms with van der Waals surface area (Å²) in [7, 11) is 0. The number of hydrogen-bond donors (Lipinski definition) is 0. The van der Waals surface area contributed by atoms with E-state index in [1.165, 1.54) is 12.2 Å². The molecule has 0 aromatic heterocycles. The second kappa shape index (κ2) is 3.76. The van der Waals surface area contributed by atoms with Gasteiger partial charge in [0.1, 0.15) is 11.8 Å². The van der Waals surface area contributed by atoms with Crippen molar-refractivity contribution in [2.24, 2.45) is 11.8 Å².